The Bertz CT molecular complexity index is 1130. The van der Waals surface area contributed by atoms with Crippen LogP contribution in [0.4, 0.5) is 5.69 Å². The Labute approximate surface area is 156 Å². The third-order valence-corrected chi connectivity index (χ3v) is 4.84. The molecule has 1 N–H and O–H groups in total. The zero-order chi connectivity index (χ0) is 18.2. The van der Waals surface area contributed by atoms with Crippen molar-refractivity contribution in [1.82, 2.24) is 4.98 Å². The predicted molar refractivity (Wildman–Crippen MR) is 104 cm³/mol. The lowest BCUT2D eigenvalue weighted by Gasteiger charge is -2.13. The quantitative estimate of drug-likeness (QED) is 0.544. The molecule has 1 fully saturated rings. The number of pyridine rings is 1. The van der Waals surface area contributed by atoms with E-state index in [4.69, 9.17) is 9.15 Å². The molecule has 0 bridgehead atoms. The number of hydrogen-bond donors (Lipinski definition) is 1. The number of ether oxygens (including phenoxy) is 1. The molecular formula is C22H18N2O3. The molecule has 2 aromatic carbocycles. The largest absolute Gasteiger partial charge is 0.492 e. The predicted octanol–water partition coefficient (Wildman–Crippen LogP) is 5.02. The molecule has 1 aliphatic rings. The molecule has 0 radical (unpaired) electrons. The molecule has 1 amide bonds. The highest BCUT2D eigenvalue weighted by Crippen LogP contribution is 2.37. The highest BCUT2D eigenvalue weighted by molar-refractivity contribution is 6.21. The number of rotatable bonds is 5. The summed E-state index contributed by atoms with van der Waals surface area (Å²) in [6.45, 7) is 0.636. The summed E-state index contributed by atoms with van der Waals surface area (Å²) in [5.41, 5.74) is 2.63. The van der Waals surface area contributed by atoms with Crippen molar-refractivity contribution in [2.45, 2.75) is 12.8 Å². The number of benzene rings is 2. The van der Waals surface area contributed by atoms with Gasteiger partial charge in [0, 0.05) is 28.9 Å². The smallest absolute Gasteiger partial charge is 0.260 e. The van der Waals surface area contributed by atoms with E-state index in [1.807, 2.05) is 36.4 Å². The van der Waals surface area contributed by atoms with E-state index in [1.165, 1.54) is 12.8 Å². The van der Waals surface area contributed by atoms with E-state index < -0.39 is 0 Å². The van der Waals surface area contributed by atoms with Crippen LogP contribution in [-0.4, -0.2) is 17.5 Å². The SMILES string of the molecule is O=C(Nc1ccncc1)c1c(OCC2CC2)ccc2oc3ccccc3c12. The van der Waals surface area contributed by atoms with Crippen LogP contribution < -0.4 is 10.1 Å². The minimum atomic E-state index is -0.218. The first-order chi connectivity index (χ1) is 13.3. The van der Waals surface area contributed by atoms with Gasteiger partial charge in [-0.2, -0.15) is 0 Å². The molecule has 27 heavy (non-hydrogen) atoms. The summed E-state index contributed by atoms with van der Waals surface area (Å²) < 4.78 is 12.0. The van der Waals surface area contributed by atoms with E-state index in [-0.39, 0.29) is 5.91 Å². The van der Waals surface area contributed by atoms with Gasteiger partial charge in [0.05, 0.1) is 12.2 Å². The molecule has 4 aromatic rings. The van der Waals surface area contributed by atoms with E-state index in [2.05, 4.69) is 10.3 Å². The van der Waals surface area contributed by atoms with E-state index in [9.17, 15) is 4.79 Å². The zero-order valence-electron chi connectivity index (χ0n) is 14.6. The van der Waals surface area contributed by atoms with E-state index in [1.54, 1.807) is 24.5 Å². The fraction of sp³-hybridized carbons (Fsp3) is 0.182. The number of carbonyl (C=O) groups excluding carboxylic acids is 1. The van der Waals surface area contributed by atoms with Crippen LogP contribution in [0.5, 0.6) is 5.75 Å². The zero-order valence-corrected chi connectivity index (χ0v) is 14.6. The van der Waals surface area contributed by atoms with E-state index in [0.717, 1.165) is 16.4 Å². The highest BCUT2D eigenvalue weighted by atomic mass is 16.5. The van der Waals surface area contributed by atoms with Crippen molar-refractivity contribution in [2.75, 3.05) is 11.9 Å². The average molecular weight is 358 g/mol. The van der Waals surface area contributed by atoms with Gasteiger partial charge in [-0.3, -0.25) is 9.78 Å². The van der Waals surface area contributed by atoms with Crippen LogP contribution in [0, 0.1) is 5.92 Å². The maximum absolute atomic E-state index is 13.2. The Kier molecular flexibility index (Phi) is 3.78. The molecule has 0 unspecified atom stereocenters. The van der Waals surface area contributed by atoms with Crippen LogP contribution in [0.3, 0.4) is 0 Å². The molecule has 2 heterocycles. The minimum Gasteiger partial charge on any atom is -0.492 e. The Balaban J connectivity index is 1.65. The van der Waals surface area contributed by atoms with E-state index in [0.29, 0.717) is 35.1 Å². The van der Waals surface area contributed by atoms with Gasteiger partial charge in [0.25, 0.3) is 5.91 Å². The van der Waals surface area contributed by atoms with E-state index >= 15 is 0 Å². The number of para-hydroxylation sites is 1. The number of aromatic nitrogens is 1. The third kappa shape index (κ3) is 3.01. The number of anilines is 1. The lowest BCUT2D eigenvalue weighted by molar-refractivity contribution is 0.102. The normalized spacial score (nSPS) is 13.8. The molecule has 0 aliphatic heterocycles. The molecular weight excluding hydrogens is 340 g/mol. The summed E-state index contributed by atoms with van der Waals surface area (Å²) in [7, 11) is 0. The number of fused-ring (bicyclic) bond motifs is 3. The molecule has 0 spiro atoms. The first kappa shape index (κ1) is 15.9. The second-order valence-electron chi connectivity index (χ2n) is 6.85. The maximum Gasteiger partial charge on any atom is 0.260 e. The molecule has 5 nitrogen and oxygen atoms in total. The van der Waals surface area contributed by atoms with Gasteiger partial charge in [0.15, 0.2) is 0 Å². The van der Waals surface area contributed by atoms with Crippen molar-refractivity contribution < 1.29 is 13.9 Å². The van der Waals surface area contributed by atoms with Crippen LogP contribution in [0.15, 0.2) is 65.3 Å². The summed E-state index contributed by atoms with van der Waals surface area (Å²) in [5, 5.41) is 4.64. The Hall–Kier alpha value is -3.34. The monoisotopic (exact) mass is 358 g/mol. The number of carbonyl (C=O) groups is 1. The van der Waals surface area contributed by atoms with Crippen molar-refractivity contribution >= 4 is 33.5 Å². The minimum absolute atomic E-state index is 0.218. The van der Waals surface area contributed by atoms with Crippen molar-refractivity contribution in [3.05, 3.63) is 66.5 Å². The Morgan fingerprint density at radius 1 is 1.07 bits per heavy atom. The molecule has 1 saturated carbocycles. The first-order valence-electron chi connectivity index (χ1n) is 9.08. The van der Waals surface area contributed by atoms with Gasteiger partial charge in [0.2, 0.25) is 0 Å². The van der Waals surface area contributed by atoms with Gasteiger partial charge >= 0.3 is 0 Å². The van der Waals surface area contributed by atoms with Gasteiger partial charge in [-0.1, -0.05) is 18.2 Å². The van der Waals surface area contributed by atoms with Crippen LogP contribution in [0.1, 0.15) is 23.2 Å². The first-order valence-corrected chi connectivity index (χ1v) is 9.08. The second-order valence-corrected chi connectivity index (χ2v) is 6.85. The van der Waals surface area contributed by atoms with Gasteiger partial charge in [-0.05, 0) is 49.1 Å². The molecule has 2 aromatic heterocycles. The van der Waals surface area contributed by atoms with Crippen LogP contribution in [0.2, 0.25) is 0 Å². The number of nitrogens with one attached hydrogen (secondary N) is 1. The number of nitrogens with zero attached hydrogens (tertiary/aromatic N) is 1. The summed E-state index contributed by atoms with van der Waals surface area (Å²) in [4.78, 5) is 17.2. The summed E-state index contributed by atoms with van der Waals surface area (Å²) >= 11 is 0. The molecule has 0 atom stereocenters. The molecule has 5 heteroatoms. The second kappa shape index (κ2) is 6.43. The van der Waals surface area contributed by atoms with Crippen LogP contribution >= 0.6 is 0 Å². The topological polar surface area (TPSA) is 64.4 Å². The fourth-order valence-electron chi connectivity index (χ4n) is 3.26. The third-order valence-electron chi connectivity index (χ3n) is 4.84. The standard InChI is InChI=1S/C22H18N2O3/c25-22(24-15-9-11-23-12-10-15)21-18(26-13-14-5-6-14)7-8-19-20(21)16-3-1-2-4-17(16)27-19/h1-4,7-12,14H,5-6,13H2,(H,23,24,25). The van der Waals surface area contributed by atoms with Crippen molar-refractivity contribution in [3.63, 3.8) is 0 Å². The van der Waals surface area contributed by atoms with Crippen molar-refractivity contribution in [2.24, 2.45) is 5.92 Å². The van der Waals surface area contributed by atoms with Crippen molar-refractivity contribution in [3.8, 4) is 5.75 Å². The molecule has 0 saturated heterocycles. The Morgan fingerprint density at radius 3 is 2.70 bits per heavy atom. The van der Waals surface area contributed by atoms with Gasteiger partial charge in [-0.15, -0.1) is 0 Å². The number of amides is 1. The molecule has 1 aliphatic carbocycles. The fourth-order valence-corrected chi connectivity index (χ4v) is 3.26. The summed E-state index contributed by atoms with van der Waals surface area (Å²) in [6, 6.07) is 15.0. The van der Waals surface area contributed by atoms with Crippen LogP contribution in [0.25, 0.3) is 21.9 Å². The lowest BCUT2D eigenvalue weighted by Crippen LogP contribution is -2.14. The van der Waals surface area contributed by atoms with Gasteiger partial charge in [0.1, 0.15) is 16.9 Å². The average Bonchev–Trinajstić information content (AvgIpc) is 3.45. The van der Waals surface area contributed by atoms with Gasteiger partial charge in [-0.25, -0.2) is 0 Å². The molecule has 134 valence electrons. The number of hydrogen-bond acceptors (Lipinski definition) is 4. The van der Waals surface area contributed by atoms with Gasteiger partial charge < -0.3 is 14.5 Å². The summed E-state index contributed by atoms with van der Waals surface area (Å²) in [5.74, 6) is 0.967. The summed E-state index contributed by atoms with van der Waals surface area (Å²) in [6.07, 6.45) is 5.67. The Morgan fingerprint density at radius 2 is 1.89 bits per heavy atom. The highest BCUT2D eigenvalue weighted by Gasteiger charge is 2.25. The number of furan rings is 1. The van der Waals surface area contributed by atoms with Crippen LogP contribution in [-0.2, 0) is 0 Å². The van der Waals surface area contributed by atoms with Crippen molar-refractivity contribution in [1.29, 1.82) is 0 Å². The molecule has 5 rings (SSSR count). The lowest BCUT2D eigenvalue weighted by atomic mass is 10.0. The maximum atomic E-state index is 13.2.